The molecule has 0 amide bonds. The summed E-state index contributed by atoms with van der Waals surface area (Å²) in [6.45, 7) is 7.33. The maximum absolute atomic E-state index is 13.7. The zero-order chi connectivity index (χ0) is 23.3. The number of hydrogen-bond donors (Lipinski definition) is 0. The molecule has 3 aliphatic rings. The van der Waals surface area contributed by atoms with Gasteiger partial charge in [0.05, 0.1) is 0 Å². The summed E-state index contributed by atoms with van der Waals surface area (Å²) in [6.07, 6.45) is 0.424. The summed E-state index contributed by atoms with van der Waals surface area (Å²) >= 11 is 0. The molecule has 3 aromatic rings. The third-order valence-corrected chi connectivity index (χ3v) is 7.69. The summed E-state index contributed by atoms with van der Waals surface area (Å²) in [6, 6.07) is 19.3. The van der Waals surface area contributed by atoms with Gasteiger partial charge in [0, 0.05) is 17.2 Å². The fourth-order valence-electron chi connectivity index (χ4n) is 5.58. The number of para-hydroxylation sites is 2. The quantitative estimate of drug-likeness (QED) is 0.232. The van der Waals surface area contributed by atoms with Gasteiger partial charge < -0.3 is 37.3 Å². The van der Waals surface area contributed by atoms with E-state index in [4.69, 9.17) is 4.74 Å². The fraction of sp³-hybridized carbons (Fsp3) is 0.290. The van der Waals surface area contributed by atoms with E-state index in [-0.39, 0.29) is 62.1 Å². The molecule has 194 valence electrons. The number of benzene rings is 3. The molecule has 1 fully saturated rings. The molecule has 0 saturated heterocycles. The summed E-state index contributed by atoms with van der Waals surface area (Å²) in [5.74, 6) is 2.46. The number of halogens is 2. The SMILES string of the molecule is CC1C(C)C2Oc3ccccc3C2C1C.[CH3-].[CH3-].[CH3-].[N-]=C1c2ccccc2CN1c1c(F)cccc1F.[Ti+4]. The first-order valence-corrected chi connectivity index (χ1v) is 11.5. The van der Waals surface area contributed by atoms with Gasteiger partial charge in [-0.3, -0.25) is 0 Å². The van der Waals surface area contributed by atoms with Crippen LogP contribution in [-0.2, 0) is 28.3 Å². The van der Waals surface area contributed by atoms with E-state index >= 15 is 0 Å². The van der Waals surface area contributed by atoms with E-state index in [0.717, 1.165) is 23.1 Å². The van der Waals surface area contributed by atoms with Gasteiger partial charge in [-0.25, -0.2) is 8.78 Å². The van der Waals surface area contributed by atoms with Crippen molar-refractivity contribution < 1.29 is 35.2 Å². The molecular formula is C31H36F2N2OTi. The molecule has 37 heavy (non-hydrogen) atoms. The van der Waals surface area contributed by atoms with Crippen LogP contribution in [0.4, 0.5) is 14.5 Å². The van der Waals surface area contributed by atoms with Gasteiger partial charge in [0.1, 0.15) is 23.5 Å². The number of hydrogen-bond acceptors (Lipinski definition) is 1. The van der Waals surface area contributed by atoms with Gasteiger partial charge in [-0.2, -0.15) is 0 Å². The molecular weight excluding hydrogens is 502 g/mol. The molecule has 3 aromatic carbocycles. The van der Waals surface area contributed by atoms with Crippen LogP contribution in [-0.4, -0.2) is 11.9 Å². The zero-order valence-electron chi connectivity index (χ0n) is 22.5. The average Bonchev–Trinajstić information content (AvgIpc) is 3.42. The molecule has 5 atom stereocenters. The van der Waals surface area contributed by atoms with Crippen LogP contribution in [0.2, 0.25) is 0 Å². The van der Waals surface area contributed by atoms with Gasteiger partial charge in [0.25, 0.3) is 0 Å². The van der Waals surface area contributed by atoms with Gasteiger partial charge in [0.2, 0.25) is 0 Å². The maximum Gasteiger partial charge on any atom is 4.00 e. The van der Waals surface area contributed by atoms with Crippen LogP contribution in [0.3, 0.4) is 0 Å². The molecule has 3 nitrogen and oxygen atoms in total. The maximum atomic E-state index is 13.7. The standard InChI is InChI=1S/C14H9F2N2.C14H18O.3CH3.Ti/c15-11-6-3-7-12(16)13(11)18-8-9-4-1-2-5-10(9)14(18)17;1-8-9(2)13-11-6-4-5-7-12(11)15-14(13)10(8)3;;;;/h1-7H,8H2;4-10,13-14H,1-3H3;3*1H3;/q-1;;3*-1;+4. The Kier molecular flexibility index (Phi) is 11.3. The first-order valence-electron chi connectivity index (χ1n) is 11.5. The van der Waals surface area contributed by atoms with Gasteiger partial charge in [0.15, 0.2) is 0 Å². The molecule has 0 aromatic heterocycles. The summed E-state index contributed by atoms with van der Waals surface area (Å²) < 4.78 is 33.5. The Balaban J connectivity index is 0.000000338. The minimum atomic E-state index is -0.686. The zero-order valence-corrected chi connectivity index (χ0v) is 24.1. The van der Waals surface area contributed by atoms with E-state index in [1.165, 1.54) is 28.7 Å². The van der Waals surface area contributed by atoms with Crippen molar-refractivity contribution in [2.75, 3.05) is 4.90 Å². The predicted octanol–water partition coefficient (Wildman–Crippen LogP) is 8.10. The van der Waals surface area contributed by atoms with Crippen LogP contribution < -0.4 is 9.64 Å². The van der Waals surface area contributed by atoms with Crippen molar-refractivity contribution >= 4 is 11.5 Å². The smallest absolute Gasteiger partial charge is 0.489 e. The summed E-state index contributed by atoms with van der Waals surface area (Å²) in [5, 5.41) is 10.1. The third-order valence-electron chi connectivity index (χ3n) is 7.69. The van der Waals surface area contributed by atoms with E-state index in [1.807, 2.05) is 12.1 Å². The van der Waals surface area contributed by atoms with Gasteiger partial charge in [-0.05, 0) is 53.6 Å². The second-order valence-electron chi connectivity index (χ2n) is 9.36. The van der Waals surface area contributed by atoms with Crippen molar-refractivity contribution in [2.24, 2.45) is 17.8 Å². The van der Waals surface area contributed by atoms with Crippen LogP contribution in [0.25, 0.3) is 5.41 Å². The van der Waals surface area contributed by atoms with Gasteiger partial charge in [-0.15, -0.1) is 0 Å². The van der Waals surface area contributed by atoms with E-state index < -0.39 is 11.6 Å². The van der Waals surface area contributed by atoms with Crippen molar-refractivity contribution in [2.45, 2.75) is 39.3 Å². The second kappa shape index (κ2) is 12.8. The van der Waals surface area contributed by atoms with Gasteiger partial charge >= 0.3 is 21.7 Å². The number of anilines is 1. The normalized spacial score (nSPS) is 23.9. The van der Waals surface area contributed by atoms with Crippen molar-refractivity contribution in [3.05, 3.63) is 123 Å². The monoisotopic (exact) mass is 538 g/mol. The first-order chi connectivity index (χ1) is 15.9. The van der Waals surface area contributed by atoms with Crippen LogP contribution in [0.15, 0.2) is 66.7 Å². The molecule has 1 saturated carbocycles. The minimum Gasteiger partial charge on any atom is -0.489 e. The molecule has 0 spiro atoms. The Morgan fingerprint density at radius 2 is 1.38 bits per heavy atom. The number of fused-ring (bicyclic) bond motifs is 4. The fourth-order valence-corrected chi connectivity index (χ4v) is 5.58. The molecule has 2 aliphatic heterocycles. The van der Waals surface area contributed by atoms with E-state index in [1.54, 1.807) is 12.1 Å². The molecule has 2 heterocycles. The Morgan fingerprint density at radius 3 is 2.03 bits per heavy atom. The Labute approximate surface area is 236 Å². The molecule has 1 aliphatic carbocycles. The summed E-state index contributed by atoms with van der Waals surface area (Å²) in [5.41, 5.74) is 2.68. The first kappa shape index (κ1) is 32.5. The Morgan fingerprint density at radius 1 is 0.784 bits per heavy atom. The van der Waals surface area contributed by atoms with Crippen LogP contribution >= 0.6 is 0 Å². The minimum absolute atomic E-state index is 0. The predicted molar refractivity (Wildman–Crippen MR) is 147 cm³/mol. The third kappa shape index (κ3) is 5.54. The van der Waals surface area contributed by atoms with Crippen molar-refractivity contribution in [1.29, 1.82) is 0 Å². The number of rotatable bonds is 1. The Hall–Kier alpha value is -2.50. The topological polar surface area (TPSA) is 34.8 Å². The second-order valence-corrected chi connectivity index (χ2v) is 9.36. The molecule has 5 unspecified atom stereocenters. The average molecular weight is 539 g/mol. The van der Waals surface area contributed by atoms with Crippen molar-refractivity contribution in [1.82, 2.24) is 0 Å². The molecule has 0 bridgehead atoms. The van der Waals surface area contributed by atoms with E-state index in [0.29, 0.717) is 23.5 Å². The molecule has 0 N–H and O–H groups in total. The Bertz CT molecular complexity index is 1200. The van der Waals surface area contributed by atoms with Crippen molar-refractivity contribution in [3.63, 3.8) is 0 Å². The molecule has 0 radical (unpaired) electrons. The molecule has 6 rings (SSSR count). The van der Waals surface area contributed by atoms with Crippen molar-refractivity contribution in [3.8, 4) is 5.75 Å². The summed E-state index contributed by atoms with van der Waals surface area (Å²) in [7, 11) is 0. The number of amidine groups is 1. The van der Waals surface area contributed by atoms with Crippen LogP contribution in [0, 0.1) is 51.7 Å². The molecule has 6 heteroatoms. The summed E-state index contributed by atoms with van der Waals surface area (Å²) in [4.78, 5) is 1.25. The van der Waals surface area contributed by atoms with E-state index in [9.17, 15) is 14.2 Å². The van der Waals surface area contributed by atoms with Crippen LogP contribution in [0.1, 0.15) is 43.4 Å². The van der Waals surface area contributed by atoms with Gasteiger partial charge in [-0.1, -0.05) is 75.1 Å². The largest absolute Gasteiger partial charge is 4.00 e. The number of nitrogens with zero attached hydrogens (tertiary/aromatic N) is 2. The number of ether oxygens (including phenoxy) is 1. The van der Waals surface area contributed by atoms with Crippen LogP contribution in [0.5, 0.6) is 5.75 Å². The van der Waals surface area contributed by atoms with E-state index in [2.05, 4.69) is 45.0 Å².